The third-order valence-corrected chi connectivity index (χ3v) is 2.21. The Morgan fingerprint density at radius 1 is 1.54 bits per heavy atom. The number of rotatable bonds is 2. The average molecular weight is 183 g/mol. The number of ether oxygens (including phenoxy) is 1. The first-order valence-electron chi connectivity index (χ1n) is 4.44. The Bertz CT molecular complexity index is 287. The molecule has 2 heterocycles. The van der Waals surface area contributed by atoms with Crippen LogP contribution in [0.25, 0.3) is 0 Å². The Kier molecular flexibility index (Phi) is 2.18. The quantitative estimate of drug-likeness (QED) is 0.740. The molecule has 1 N–H and O–H groups in total. The average Bonchev–Trinajstić information content (AvgIpc) is 2.64. The molecular formula is C8H13N3O2. The van der Waals surface area contributed by atoms with Crippen LogP contribution in [-0.2, 0) is 4.74 Å². The van der Waals surface area contributed by atoms with Gasteiger partial charge in [0.1, 0.15) is 0 Å². The Hall–Kier alpha value is -1.10. The maximum atomic E-state index is 5.39. The van der Waals surface area contributed by atoms with E-state index in [1.807, 2.05) is 6.92 Å². The largest absolute Gasteiger partial charge is 0.376 e. The van der Waals surface area contributed by atoms with Crippen LogP contribution >= 0.6 is 0 Å². The molecule has 0 aliphatic carbocycles. The summed E-state index contributed by atoms with van der Waals surface area (Å²) in [6.07, 6.45) is 1.20. The van der Waals surface area contributed by atoms with Gasteiger partial charge in [0.25, 0.3) is 0 Å². The van der Waals surface area contributed by atoms with E-state index in [1.54, 1.807) is 6.92 Å². The first kappa shape index (κ1) is 8.50. The second-order valence-electron chi connectivity index (χ2n) is 3.26. The number of hydrogen-bond acceptors (Lipinski definition) is 5. The number of nitrogens with zero attached hydrogens (tertiary/aromatic N) is 2. The molecule has 2 rings (SSSR count). The first-order valence-corrected chi connectivity index (χ1v) is 4.44. The smallest absolute Gasteiger partial charge is 0.321 e. The predicted molar refractivity (Wildman–Crippen MR) is 46.5 cm³/mol. The lowest BCUT2D eigenvalue weighted by Crippen LogP contribution is -2.26. The van der Waals surface area contributed by atoms with Crippen molar-refractivity contribution in [2.45, 2.75) is 32.4 Å². The molecule has 1 saturated heterocycles. The van der Waals surface area contributed by atoms with Crippen LogP contribution in [-0.4, -0.2) is 28.9 Å². The zero-order valence-corrected chi connectivity index (χ0v) is 7.78. The van der Waals surface area contributed by atoms with Crippen LogP contribution < -0.4 is 5.32 Å². The van der Waals surface area contributed by atoms with Crippen molar-refractivity contribution in [2.75, 3.05) is 11.9 Å². The van der Waals surface area contributed by atoms with Crippen molar-refractivity contribution >= 4 is 6.01 Å². The number of hydrogen-bond donors (Lipinski definition) is 1. The molecule has 5 heteroatoms. The van der Waals surface area contributed by atoms with E-state index < -0.39 is 0 Å². The monoisotopic (exact) mass is 183 g/mol. The van der Waals surface area contributed by atoms with Gasteiger partial charge in [0.2, 0.25) is 0 Å². The van der Waals surface area contributed by atoms with E-state index in [9.17, 15) is 0 Å². The molecule has 1 aliphatic heterocycles. The first-order chi connectivity index (χ1) is 6.25. The van der Waals surface area contributed by atoms with Crippen LogP contribution in [0.5, 0.6) is 0 Å². The van der Waals surface area contributed by atoms with E-state index in [4.69, 9.17) is 9.26 Å². The Morgan fingerprint density at radius 3 is 2.92 bits per heavy atom. The van der Waals surface area contributed by atoms with Crippen molar-refractivity contribution < 1.29 is 9.26 Å². The van der Waals surface area contributed by atoms with Crippen LogP contribution in [0.15, 0.2) is 4.52 Å². The summed E-state index contributed by atoms with van der Waals surface area (Å²) in [6.45, 7) is 4.63. The van der Waals surface area contributed by atoms with Gasteiger partial charge in [-0.15, -0.1) is 0 Å². The fourth-order valence-corrected chi connectivity index (χ4v) is 1.44. The molecule has 0 bridgehead atoms. The summed E-state index contributed by atoms with van der Waals surface area (Å²) in [5.41, 5.74) is 0. The van der Waals surface area contributed by atoms with Gasteiger partial charge in [0.05, 0.1) is 12.1 Å². The highest BCUT2D eigenvalue weighted by molar-refractivity contribution is 5.21. The molecule has 0 radical (unpaired) electrons. The summed E-state index contributed by atoms with van der Waals surface area (Å²) in [5, 5.41) is 6.84. The van der Waals surface area contributed by atoms with Crippen molar-refractivity contribution in [1.29, 1.82) is 0 Å². The number of anilines is 1. The topological polar surface area (TPSA) is 60.2 Å². The van der Waals surface area contributed by atoms with E-state index in [1.165, 1.54) is 0 Å². The Balaban J connectivity index is 1.97. The zero-order valence-electron chi connectivity index (χ0n) is 7.78. The standard InChI is InChI=1S/C8H13N3O2/c1-5-7(3-4-12-5)10-8-9-6(2)11-13-8/h5,7H,3-4H2,1-2H3,(H,9,10,11). The van der Waals surface area contributed by atoms with E-state index in [-0.39, 0.29) is 6.10 Å². The molecule has 2 unspecified atom stereocenters. The third kappa shape index (κ3) is 1.80. The minimum atomic E-state index is 0.215. The van der Waals surface area contributed by atoms with Gasteiger partial charge >= 0.3 is 6.01 Å². The van der Waals surface area contributed by atoms with Crippen LogP contribution in [0.3, 0.4) is 0 Å². The molecule has 0 saturated carbocycles. The van der Waals surface area contributed by atoms with E-state index in [0.717, 1.165) is 13.0 Å². The van der Waals surface area contributed by atoms with Crippen LogP contribution in [0, 0.1) is 6.92 Å². The molecule has 0 amide bonds. The second kappa shape index (κ2) is 3.33. The fraction of sp³-hybridized carbons (Fsp3) is 0.750. The summed E-state index contributed by atoms with van der Waals surface area (Å²) < 4.78 is 10.3. The number of aryl methyl sites for hydroxylation is 1. The van der Waals surface area contributed by atoms with Gasteiger partial charge in [-0.05, 0) is 20.3 Å². The number of aromatic nitrogens is 2. The molecule has 0 spiro atoms. The van der Waals surface area contributed by atoms with Crippen molar-refractivity contribution in [3.05, 3.63) is 5.82 Å². The Morgan fingerprint density at radius 2 is 2.38 bits per heavy atom. The summed E-state index contributed by atoms with van der Waals surface area (Å²) >= 11 is 0. The normalized spacial score (nSPS) is 27.8. The van der Waals surface area contributed by atoms with Crippen LogP contribution in [0.2, 0.25) is 0 Å². The van der Waals surface area contributed by atoms with Gasteiger partial charge in [-0.2, -0.15) is 4.98 Å². The van der Waals surface area contributed by atoms with E-state index in [0.29, 0.717) is 17.9 Å². The lowest BCUT2D eigenvalue weighted by molar-refractivity contribution is 0.121. The number of nitrogens with one attached hydrogen (secondary N) is 1. The molecule has 72 valence electrons. The van der Waals surface area contributed by atoms with Gasteiger partial charge in [0.15, 0.2) is 5.82 Å². The SMILES string of the molecule is Cc1noc(NC2CCOC2C)n1. The van der Waals surface area contributed by atoms with Crippen LogP contribution in [0.4, 0.5) is 6.01 Å². The Labute approximate surface area is 76.5 Å². The summed E-state index contributed by atoms with van der Waals surface area (Å²) in [6, 6.07) is 0.778. The van der Waals surface area contributed by atoms with Crippen LogP contribution in [0.1, 0.15) is 19.2 Å². The molecule has 1 fully saturated rings. The molecule has 1 aromatic heterocycles. The van der Waals surface area contributed by atoms with Gasteiger partial charge in [0, 0.05) is 6.61 Å². The molecule has 2 atom stereocenters. The van der Waals surface area contributed by atoms with E-state index >= 15 is 0 Å². The van der Waals surface area contributed by atoms with Crippen molar-refractivity contribution in [3.8, 4) is 0 Å². The molecular weight excluding hydrogens is 170 g/mol. The fourth-order valence-electron chi connectivity index (χ4n) is 1.44. The molecule has 0 aromatic carbocycles. The highest BCUT2D eigenvalue weighted by Crippen LogP contribution is 2.17. The molecule has 5 nitrogen and oxygen atoms in total. The van der Waals surface area contributed by atoms with Gasteiger partial charge in [-0.1, -0.05) is 5.16 Å². The van der Waals surface area contributed by atoms with Crippen molar-refractivity contribution in [2.24, 2.45) is 0 Å². The van der Waals surface area contributed by atoms with Gasteiger partial charge in [-0.25, -0.2) is 0 Å². The highest BCUT2D eigenvalue weighted by atomic mass is 16.5. The van der Waals surface area contributed by atoms with Gasteiger partial charge < -0.3 is 14.6 Å². The summed E-state index contributed by atoms with van der Waals surface area (Å²) in [4.78, 5) is 4.06. The minimum absolute atomic E-state index is 0.215. The minimum Gasteiger partial charge on any atom is -0.376 e. The molecule has 1 aromatic rings. The predicted octanol–water partition coefficient (Wildman–Crippen LogP) is 0.967. The van der Waals surface area contributed by atoms with E-state index in [2.05, 4.69) is 15.5 Å². The third-order valence-electron chi connectivity index (χ3n) is 2.21. The summed E-state index contributed by atoms with van der Waals surface area (Å²) in [5.74, 6) is 0.647. The van der Waals surface area contributed by atoms with Gasteiger partial charge in [-0.3, -0.25) is 0 Å². The maximum absolute atomic E-state index is 5.39. The summed E-state index contributed by atoms with van der Waals surface area (Å²) in [7, 11) is 0. The maximum Gasteiger partial charge on any atom is 0.321 e. The molecule has 1 aliphatic rings. The van der Waals surface area contributed by atoms with Crippen molar-refractivity contribution in [1.82, 2.24) is 10.1 Å². The second-order valence-corrected chi connectivity index (χ2v) is 3.26. The lowest BCUT2D eigenvalue weighted by Gasteiger charge is -2.13. The van der Waals surface area contributed by atoms with Crippen molar-refractivity contribution in [3.63, 3.8) is 0 Å². The highest BCUT2D eigenvalue weighted by Gasteiger charge is 2.25. The molecule has 13 heavy (non-hydrogen) atoms. The zero-order chi connectivity index (χ0) is 9.26. The lowest BCUT2D eigenvalue weighted by atomic mass is 10.2.